The van der Waals surface area contributed by atoms with Gasteiger partial charge < -0.3 is 19.8 Å². The summed E-state index contributed by atoms with van der Waals surface area (Å²) in [5.74, 6) is 2.52. The molecular weight excluding hydrogens is 330 g/mol. The zero-order chi connectivity index (χ0) is 18.3. The van der Waals surface area contributed by atoms with Crippen molar-refractivity contribution in [3.63, 3.8) is 0 Å². The number of nitrogens with one attached hydrogen (secondary N) is 2. The Labute approximate surface area is 152 Å². The Kier molecular flexibility index (Phi) is 4.18. The molecule has 0 spiro atoms. The zero-order valence-corrected chi connectivity index (χ0v) is 15.3. The molecule has 0 saturated heterocycles. The maximum Gasteiger partial charge on any atom is 0.257 e. The first-order valence-electron chi connectivity index (χ1n) is 8.94. The summed E-state index contributed by atoms with van der Waals surface area (Å²) in [5.41, 5.74) is 4.12. The normalized spacial score (nSPS) is 18.7. The molecule has 6 heteroatoms. The van der Waals surface area contributed by atoms with E-state index in [1.165, 1.54) is 11.3 Å². The van der Waals surface area contributed by atoms with Gasteiger partial charge in [-0.25, -0.2) is 4.98 Å². The van der Waals surface area contributed by atoms with Gasteiger partial charge in [0.15, 0.2) is 11.5 Å². The van der Waals surface area contributed by atoms with Crippen LogP contribution in [0.5, 0.6) is 11.5 Å². The summed E-state index contributed by atoms with van der Waals surface area (Å²) < 4.78 is 10.8. The van der Waals surface area contributed by atoms with Gasteiger partial charge in [-0.1, -0.05) is 6.07 Å². The van der Waals surface area contributed by atoms with E-state index in [1.54, 1.807) is 21.1 Å². The van der Waals surface area contributed by atoms with Crippen molar-refractivity contribution in [3.05, 3.63) is 56.8 Å². The molecule has 2 N–H and O–H groups in total. The summed E-state index contributed by atoms with van der Waals surface area (Å²) in [5, 5.41) is 3.42. The van der Waals surface area contributed by atoms with Crippen LogP contribution < -0.4 is 20.3 Å². The molecule has 0 amide bonds. The van der Waals surface area contributed by atoms with Crippen LogP contribution >= 0.6 is 0 Å². The quantitative estimate of drug-likeness (QED) is 0.883. The fourth-order valence-electron chi connectivity index (χ4n) is 4.07. The lowest BCUT2D eigenvalue weighted by Gasteiger charge is -2.34. The standard InChI is InChI=1S/C20H23N3O3/c1-11-21-19-18(20(24)22-11)17(13-6-4-5-7-14(13)23-19)12-8-9-15(25-2)16(10-12)26-3/h8-10,17H,4-7H2,1-3H3,(H2,21,22,23,24). The molecule has 2 aromatic rings. The molecule has 0 radical (unpaired) electrons. The number of aromatic amines is 1. The van der Waals surface area contributed by atoms with E-state index in [0.717, 1.165) is 31.2 Å². The summed E-state index contributed by atoms with van der Waals surface area (Å²) >= 11 is 0. The number of fused-ring (bicyclic) bond motifs is 1. The minimum Gasteiger partial charge on any atom is -0.493 e. The van der Waals surface area contributed by atoms with Crippen LogP contribution in [0.4, 0.5) is 5.82 Å². The summed E-state index contributed by atoms with van der Waals surface area (Å²) in [6, 6.07) is 5.88. The number of hydrogen-bond acceptors (Lipinski definition) is 5. The highest BCUT2D eigenvalue weighted by molar-refractivity contribution is 5.62. The Morgan fingerprint density at radius 1 is 1.12 bits per heavy atom. The Hall–Kier alpha value is -2.76. The van der Waals surface area contributed by atoms with E-state index in [2.05, 4.69) is 15.3 Å². The molecule has 1 aliphatic carbocycles. The van der Waals surface area contributed by atoms with Crippen LogP contribution in [0.2, 0.25) is 0 Å². The summed E-state index contributed by atoms with van der Waals surface area (Å²) in [6.45, 7) is 1.81. The van der Waals surface area contributed by atoms with E-state index in [4.69, 9.17) is 9.47 Å². The molecule has 2 heterocycles. The van der Waals surface area contributed by atoms with Crippen LogP contribution in [0.3, 0.4) is 0 Å². The molecule has 1 aromatic carbocycles. The van der Waals surface area contributed by atoms with Gasteiger partial charge >= 0.3 is 0 Å². The first kappa shape index (κ1) is 16.7. The molecular formula is C20H23N3O3. The van der Waals surface area contributed by atoms with Gasteiger partial charge in [0.05, 0.1) is 19.8 Å². The number of rotatable bonds is 3. The molecule has 1 atom stereocenters. The number of allylic oxidation sites excluding steroid dienone is 2. The summed E-state index contributed by atoms with van der Waals surface area (Å²) in [4.78, 5) is 20.2. The number of hydrogen-bond donors (Lipinski definition) is 2. The summed E-state index contributed by atoms with van der Waals surface area (Å²) in [7, 11) is 3.25. The fraction of sp³-hybridized carbons (Fsp3) is 0.400. The van der Waals surface area contributed by atoms with Crippen molar-refractivity contribution in [1.82, 2.24) is 9.97 Å². The fourth-order valence-corrected chi connectivity index (χ4v) is 4.07. The molecule has 0 bridgehead atoms. The molecule has 136 valence electrons. The van der Waals surface area contributed by atoms with Crippen molar-refractivity contribution in [3.8, 4) is 11.5 Å². The van der Waals surface area contributed by atoms with Crippen LogP contribution in [0.25, 0.3) is 0 Å². The second-order valence-electron chi connectivity index (χ2n) is 6.80. The monoisotopic (exact) mass is 353 g/mol. The number of aromatic nitrogens is 2. The maximum absolute atomic E-state index is 12.8. The molecule has 4 rings (SSSR count). The highest BCUT2D eigenvalue weighted by Gasteiger charge is 2.34. The lowest BCUT2D eigenvalue weighted by molar-refractivity contribution is 0.354. The predicted molar refractivity (Wildman–Crippen MR) is 100 cm³/mol. The molecule has 1 aromatic heterocycles. The molecule has 1 aliphatic heterocycles. The second kappa shape index (κ2) is 6.52. The van der Waals surface area contributed by atoms with Crippen LogP contribution in [-0.4, -0.2) is 24.2 Å². The molecule has 0 saturated carbocycles. The minimum absolute atomic E-state index is 0.0862. The second-order valence-corrected chi connectivity index (χ2v) is 6.80. The molecule has 26 heavy (non-hydrogen) atoms. The smallest absolute Gasteiger partial charge is 0.257 e. The number of ether oxygens (including phenoxy) is 2. The number of anilines is 1. The molecule has 0 fully saturated rings. The first-order valence-corrected chi connectivity index (χ1v) is 8.94. The Bertz CT molecular complexity index is 946. The third-order valence-electron chi connectivity index (χ3n) is 5.23. The van der Waals surface area contributed by atoms with E-state index < -0.39 is 0 Å². The maximum atomic E-state index is 12.8. The highest BCUT2D eigenvalue weighted by atomic mass is 16.5. The average molecular weight is 353 g/mol. The van der Waals surface area contributed by atoms with Gasteiger partial charge in [-0.3, -0.25) is 4.79 Å². The average Bonchev–Trinajstić information content (AvgIpc) is 2.65. The Balaban J connectivity index is 1.93. The van der Waals surface area contributed by atoms with Gasteiger partial charge in [0, 0.05) is 11.6 Å². The van der Waals surface area contributed by atoms with E-state index in [-0.39, 0.29) is 11.5 Å². The number of methoxy groups -OCH3 is 2. The number of H-pyrrole nitrogens is 1. The Morgan fingerprint density at radius 2 is 1.88 bits per heavy atom. The SMILES string of the molecule is COc1ccc(C2C3=C(CCCC3)Nc3nc(C)[nH]c(=O)c32)cc1OC. The third kappa shape index (κ3) is 2.66. The van der Waals surface area contributed by atoms with E-state index in [0.29, 0.717) is 28.7 Å². The molecule has 6 nitrogen and oxygen atoms in total. The van der Waals surface area contributed by atoms with Crippen LogP contribution in [0.1, 0.15) is 48.6 Å². The Morgan fingerprint density at radius 3 is 2.65 bits per heavy atom. The number of benzene rings is 1. The van der Waals surface area contributed by atoms with Crippen molar-refractivity contribution >= 4 is 5.82 Å². The van der Waals surface area contributed by atoms with Crippen molar-refractivity contribution in [2.75, 3.05) is 19.5 Å². The van der Waals surface area contributed by atoms with E-state index in [9.17, 15) is 4.79 Å². The van der Waals surface area contributed by atoms with Gasteiger partial charge in [-0.15, -0.1) is 0 Å². The number of aryl methyl sites for hydroxylation is 1. The van der Waals surface area contributed by atoms with Gasteiger partial charge in [0.2, 0.25) is 0 Å². The largest absolute Gasteiger partial charge is 0.493 e. The summed E-state index contributed by atoms with van der Waals surface area (Å²) in [6.07, 6.45) is 4.26. The topological polar surface area (TPSA) is 76.2 Å². The van der Waals surface area contributed by atoms with Gasteiger partial charge in [-0.2, -0.15) is 0 Å². The van der Waals surface area contributed by atoms with Crippen molar-refractivity contribution < 1.29 is 9.47 Å². The lowest BCUT2D eigenvalue weighted by Crippen LogP contribution is -2.29. The van der Waals surface area contributed by atoms with Crippen molar-refractivity contribution in [2.24, 2.45) is 0 Å². The van der Waals surface area contributed by atoms with Gasteiger partial charge in [-0.05, 0) is 55.9 Å². The van der Waals surface area contributed by atoms with Crippen molar-refractivity contribution in [1.29, 1.82) is 0 Å². The van der Waals surface area contributed by atoms with Crippen molar-refractivity contribution in [2.45, 2.75) is 38.5 Å². The molecule has 1 unspecified atom stereocenters. The highest BCUT2D eigenvalue weighted by Crippen LogP contribution is 2.45. The zero-order valence-electron chi connectivity index (χ0n) is 15.3. The van der Waals surface area contributed by atoms with E-state index >= 15 is 0 Å². The molecule has 2 aliphatic rings. The van der Waals surface area contributed by atoms with Crippen LogP contribution in [-0.2, 0) is 0 Å². The predicted octanol–water partition coefficient (Wildman–Crippen LogP) is 3.48. The first-order chi connectivity index (χ1) is 12.6. The third-order valence-corrected chi connectivity index (χ3v) is 5.23. The van der Waals surface area contributed by atoms with E-state index in [1.807, 2.05) is 18.2 Å². The van der Waals surface area contributed by atoms with Gasteiger partial charge in [0.25, 0.3) is 5.56 Å². The van der Waals surface area contributed by atoms with Gasteiger partial charge in [0.1, 0.15) is 11.6 Å². The van der Waals surface area contributed by atoms with Crippen LogP contribution in [0.15, 0.2) is 34.3 Å². The number of nitrogens with zero attached hydrogens (tertiary/aromatic N) is 1. The minimum atomic E-state index is -0.113. The lowest BCUT2D eigenvalue weighted by atomic mass is 9.77. The van der Waals surface area contributed by atoms with Crippen LogP contribution in [0, 0.1) is 6.92 Å².